The van der Waals surface area contributed by atoms with Crippen LogP contribution in [0.15, 0.2) is 12.1 Å². The first-order chi connectivity index (χ1) is 6.57. The second-order valence-corrected chi connectivity index (χ2v) is 3.51. The summed E-state index contributed by atoms with van der Waals surface area (Å²) in [5.41, 5.74) is -0.575. The fraction of sp³-hybridized carbons (Fsp3) is 0. The van der Waals surface area contributed by atoms with Crippen molar-refractivity contribution in [3.63, 3.8) is 0 Å². The Bertz CT molecular complexity index is 394. The van der Waals surface area contributed by atoms with Gasteiger partial charge in [-0.05, 0) is 34.7 Å². The third-order valence-corrected chi connectivity index (χ3v) is 2.36. The number of nitrogens with one attached hydrogen (secondary N) is 1. The van der Waals surface area contributed by atoms with Gasteiger partial charge in [0.25, 0.3) is 0 Å². The van der Waals surface area contributed by atoms with E-state index >= 15 is 0 Å². The Labute approximate surface area is 92.3 Å². The van der Waals surface area contributed by atoms with Gasteiger partial charge in [0.2, 0.25) is 6.41 Å². The van der Waals surface area contributed by atoms with E-state index in [4.69, 9.17) is 5.11 Å². The number of carboxylic acids is 1. The van der Waals surface area contributed by atoms with E-state index in [1.54, 1.807) is 22.6 Å². The third kappa shape index (κ3) is 2.00. The third-order valence-electron chi connectivity index (χ3n) is 1.53. The average Bonchev–Trinajstić information content (AvgIpc) is 2.13. The molecule has 6 heteroatoms. The summed E-state index contributed by atoms with van der Waals surface area (Å²) in [5.74, 6) is -2.03. The van der Waals surface area contributed by atoms with Crippen LogP contribution >= 0.6 is 22.6 Å². The molecular formula is C8H5FINO3. The molecule has 0 aliphatic carbocycles. The van der Waals surface area contributed by atoms with Crippen molar-refractivity contribution in [1.82, 2.24) is 0 Å². The molecule has 0 fully saturated rings. The highest BCUT2D eigenvalue weighted by atomic mass is 127. The molecule has 4 nitrogen and oxygen atoms in total. The van der Waals surface area contributed by atoms with Gasteiger partial charge in [0.05, 0.1) is 14.8 Å². The van der Waals surface area contributed by atoms with E-state index in [1.165, 1.54) is 12.1 Å². The number of carbonyl (C=O) groups excluding carboxylic acids is 1. The fourth-order valence-corrected chi connectivity index (χ4v) is 1.38. The van der Waals surface area contributed by atoms with Crippen LogP contribution in [0.2, 0.25) is 0 Å². The molecule has 0 unspecified atom stereocenters. The zero-order chi connectivity index (χ0) is 10.7. The predicted octanol–water partition coefficient (Wildman–Crippen LogP) is 1.70. The molecule has 1 rings (SSSR count). The highest BCUT2D eigenvalue weighted by molar-refractivity contribution is 14.1. The smallest absolute Gasteiger partial charge is 0.337 e. The maximum absolute atomic E-state index is 13.3. The molecule has 14 heavy (non-hydrogen) atoms. The van der Waals surface area contributed by atoms with Crippen LogP contribution in [-0.2, 0) is 4.79 Å². The minimum atomic E-state index is -1.29. The molecule has 2 N–H and O–H groups in total. The quantitative estimate of drug-likeness (QED) is 0.660. The Hall–Kier alpha value is -1.18. The Morgan fingerprint density at radius 3 is 2.71 bits per heavy atom. The van der Waals surface area contributed by atoms with Crippen molar-refractivity contribution in [2.45, 2.75) is 0 Å². The van der Waals surface area contributed by atoms with E-state index in [-0.39, 0.29) is 21.2 Å². The molecule has 0 aliphatic rings. The lowest BCUT2D eigenvalue weighted by molar-refractivity contribution is -0.105. The molecule has 1 aromatic carbocycles. The molecule has 0 saturated carbocycles. The summed E-state index contributed by atoms with van der Waals surface area (Å²) in [6.07, 6.45) is 0.237. The van der Waals surface area contributed by atoms with Crippen LogP contribution < -0.4 is 5.32 Å². The van der Waals surface area contributed by atoms with E-state index in [9.17, 15) is 14.0 Å². The van der Waals surface area contributed by atoms with Crippen LogP contribution in [0.1, 0.15) is 10.4 Å². The van der Waals surface area contributed by atoms with Gasteiger partial charge in [-0.2, -0.15) is 0 Å². The van der Waals surface area contributed by atoms with Crippen molar-refractivity contribution in [3.05, 3.63) is 27.1 Å². The molecule has 0 atom stereocenters. The standard InChI is InChI=1S/C8H5FINO3/c9-6-5(10)2-1-4(8(13)14)7(6)11-3-12/h1-3H,(H,11,12)(H,13,14). The number of carbonyl (C=O) groups is 2. The Balaban J connectivity index is 3.36. The maximum atomic E-state index is 13.3. The number of hydrogen-bond acceptors (Lipinski definition) is 2. The summed E-state index contributed by atoms with van der Waals surface area (Å²) in [6.45, 7) is 0. The second kappa shape index (κ2) is 4.36. The number of aromatic carboxylic acids is 1. The van der Waals surface area contributed by atoms with Gasteiger partial charge in [-0.3, -0.25) is 4.79 Å². The van der Waals surface area contributed by atoms with Crippen LogP contribution in [-0.4, -0.2) is 17.5 Å². The van der Waals surface area contributed by atoms with Crippen LogP contribution in [0, 0.1) is 9.39 Å². The molecule has 0 aliphatic heterocycles. The second-order valence-electron chi connectivity index (χ2n) is 2.35. The molecule has 1 amide bonds. The molecule has 0 radical (unpaired) electrons. The molecule has 0 spiro atoms. The number of halogens is 2. The minimum Gasteiger partial charge on any atom is -0.478 e. The first-order valence-corrected chi connectivity index (χ1v) is 4.57. The SMILES string of the molecule is O=CNc1c(C(=O)O)ccc(I)c1F. The molecule has 1 aromatic rings. The first kappa shape index (κ1) is 10.9. The predicted molar refractivity (Wildman–Crippen MR) is 55.8 cm³/mol. The van der Waals surface area contributed by atoms with E-state index in [0.29, 0.717) is 0 Å². The Kier molecular flexibility index (Phi) is 3.39. The van der Waals surface area contributed by atoms with Gasteiger partial charge in [-0.25, -0.2) is 9.18 Å². The highest BCUT2D eigenvalue weighted by Gasteiger charge is 2.16. The van der Waals surface area contributed by atoms with Gasteiger partial charge in [-0.15, -0.1) is 0 Å². The van der Waals surface area contributed by atoms with Crippen molar-refractivity contribution in [1.29, 1.82) is 0 Å². The lowest BCUT2D eigenvalue weighted by Crippen LogP contribution is -2.07. The molecule has 0 aromatic heterocycles. The Morgan fingerprint density at radius 1 is 1.57 bits per heavy atom. The number of rotatable bonds is 3. The summed E-state index contributed by atoms with van der Waals surface area (Å²) >= 11 is 1.71. The summed E-state index contributed by atoms with van der Waals surface area (Å²) in [7, 11) is 0. The summed E-state index contributed by atoms with van der Waals surface area (Å²) in [6, 6.07) is 2.56. The monoisotopic (exact) mass is 309 g/mol. The Morgan fingerprint density at radius 2 is 2.21 bits per heavy atom. The molecule has 0 heterocycles. The van der Waals surface area contributed by atoms with Crippen molar-refractivity contribution >= 4 is 40.7 Å². The summed E-state index contributed by atoms with van der Waals surface area (Å²) < 4.78 is 13.6. The van der Waals surface area contributed by atoms with Crippen LogP contribution in [0.4, 0.5) is 10.1 Å². The number of carboxylic acid groups (broad SMARTS) is 1. The van der Waals surface area contributed by atoms with E-state index in [1.807, 2.05) is 5.32 Å². The number of hydrogen-bond donors (Lipinski definition) is 2. The zero-order valence-electron chi connectivity index (χ0n) is 6.75. The topological polar surface area (TPSA) is 66.4 Å². The van der Waals surface area contributed by atoms with Gasteiger partial charge < -0.3 is 10.4 Å². The van der Waals surface area contributed by atoms with Gasteiger partial charge in [0.15, 0.2) is 5.82 Å². The zero-order valence-corrected chi connectivity index (χ0v) is 8.91. The lowest BCUT2D eigenvalue weighted by atomic mass is 10.1. The minimum absolute atomic E-state index is 0.237. The van der Waals surface area contributed by atoms with Crippen molar-refractivity contribution in [3.8, 4) is 0 Å². The number of benzene rings is 1. The van der Waals surface area contributed by atoms with Crippen molar-refractivity contribution in [2.24, 2.45) is 0 Å². The van der Waals surface area contributed by atoms with Crippen molar-refractivity contribution < 1.29 is 19.1 Å². The first-order valence-electron chi connectivity index (χ1n) is 3.49. The van der Waals surface area contributed by atoms with E-state index in [2.05, 4.69) is 0 Å². The largest absolute Gasteiger partial charge is 0.478 e. The lowest BCUT2D eigenvalue weighted by Gasteiger charge is -2.06. The van der Waals surface area contributed by atoms with Crippen LogP contribution in [0.3, 0.4) is 0 Å². The molecule has 0 saturated heterocycles. The van der Waals surface area contributed by atoms with Crippen molar-refractivity contribution in [2.75, 3.05) is 5.32 Å². The molecule has 0 bridgehead atoms. The highest BCUT2D eigenvalue weighted by Crippen LogP contribution is 2.24. The maximum Gasteiger partial charge on any atom is 0.337 e. The van der Waals surface area contributed by atoms with Gasteiger partial charge in [0.1, 0.15) is 0 Å². The number of amides is 1. The fourth-order valence-electron chi connectivity index (χ4n) is 0.929. The van der Waals surface area contributed by atoms with E-state index in [0.717, 1.165) is 0 Å². The van der Waals surface area contributed by atoms with Gasteiger partial charge in [0, 0.05) is 0 Å². The van der Waals surface area contributed by atoms with Gasteiger partial charge >= 0.3 is 5.97 Å². The van der Waals surface area contributed by atoms with Crippen LogP contribution in [0.25, 0.3) is 0 Å². The summed E-state index contributed by atoms with van der Waals surface area (Å²) in [4.78, 5) is 20.8. The molecular weight excluding hydrogens is 304 g/mol. The molecule has 74 valence electrons. The number of anilines is 1. The normalized spacial score (nSPS) is 9.57. The van der Waals surface area contributed by atoms with Crippen LogP contribution in [0.5, 0.6) is 0 Å². The van der Waals surface area contributed by atoms with Gasteiger partial charge in [-0.1, -0.05) is 0 Å². The summed E-state index contributed by atoms with van der Waals surface area (Å²) in [5, 5.41) is 10.7. The van der Waals surface area contributed by atoms with E-state index < -0.39 is 11.8 Å². The average molecular weight is 309 g/mol.